The van der Waals surface area contributed by atoms with Gasteiger partial charge in [0, 0.05) is 41.1 Å². The van der Waals surface area contributed by atoms with Gasteiger partial charge in [-0.05, 0) is 54.8 Å². The molecule has 0 saturated carbocycles. The standard InChI is InChI=1S/C35H36N6O6/c42-29-20-45-33-30(21-46-32(29)33)47-26-10-8-23(9-11-26)34-39-18-28(37-13-4-7-22-5-2-1-3-6-22)35(44)41(34)19-31(43)38-17-25-15-24-16-36-14-12-27(24)40-25/h1-3,5-6,8-12,14-16,18,29-30,32-33,37,40,42H,4,7,13,17,19-21H2,(H,38,43)/t29-,30-,32-,33-/m1/s1. The monoisotopic (exact) mass is 636 g/mol. The fourth-order valence-corrected chi connectivity index (χ4v) is 6.07. The topological polar surface area (TPSA) is 153 Å². The summed E-state index contributed by atoms with van der Waals surface area (Å²) in [5.41, 5.74) is 3.62. The largest absolute Gasteiger partial charge is 0.485 e. The van der Waals surface area contributed by atoms with Crippen LogP contribution in [0.3, 0.4) is 0 Å². The Bertz CT molecular complexity index is 1860. The van der Waals surface area contributed by atoms with Gasteiger partial charge >= 0.3 is 0 Å². The highest BCUT2D eigenvalue weighted by Crippen LogP contribution is 2.30. The minimum atomic E-state index is -0.656. The predicted octanol–water partition coefficient (Wildman–Crippen LogP) is 3.05. The zero-order valence-electron chi connectivity index (χ0n) is 25.7. The number of carbonyl (C=O) groups excluding carboxylic acids is 1. The first-order valence-corrected chi connectivity index (χ1v) is 15.8. The van der Waals surface area contributed by atoms with Crippen molar-refractivity contribution in [1.29, 1.82) is 0 Å². The third kappa shape index (κ3) is 6.89. The van der Waals surface area contributed by atoms with Gasteiger partial charge in [-0.2, -0.15) is 0 Å². The molecular formula is C35H36N6O6. The van der Waals surface area contributed by atoms with E-state index in [0.717, 1.165) is 29.4 Å². The van der Waals surface area contributed by atoms with Crippen molar-refractivity contribution in [2.24, 2.45) is 0 Å². The maximum absolute atomic E-state index is 13.8. The number of fused-ring (bicyclic) bond motifs is 2. The number of rotatable bonds is 12. The molecule has 0 radical (unpaired) electrons. The number of hydrogen-bond acceptors (Lipinski definition) is 9. The lowest BCUT2D eigenvalue weighted by atomic mass is 10.1. The minimum Gasteiger partial charge on any atom is -0.485 e. The van der Waals surface area contributed by atoms with Crippen LogP contribution in [0.25, 0.3) is 22.3 Å². The fraction of sp³-hybridized carbons (Fsp3) is 0.314. The molecule has 5 heterocycles. The maximum Gasteiger partial charge on any atom is 0.277 e. The molecule has 12 nitrogen and oxygen atoms in total. The first kappa shape index (κ1) is 30.6. The van der Waals surface area contributed by atoms with Crippen molar-refractivity contribution in [3.05, 3.63) is 107 Å². The van der Waals surface area contributed by atoms with Crippen molar-refractivity contribution in [1.82, 2.24) is 24.8 Å². The first-order valence-electron chi connectivity index (χ1n) is 15.8. The molecule has 2 aromatic carbocycles. The second-order valence-corrected chi connectivity index (χ2v) is 11.8. The second-order valence-electron chi connectivity index (χ2n) is 11.8. The Labute approximate surface area is 270 Å². The van der Waals surface area contributed by atoms with E-state index in [-0.39, 0.29) is 49.5 Å². The van der Waals surface area contributed by atoms with E-state index >= 15 is 0 Å². The van der Waals surface area contributed by atoms with Gasteiger partial charge in [-0.3, -0.25) is 19.1 Å². The second kappa shape index (κ2) is 13.8. The summed E-state index contributed by atoms with van der Waals surface area (Å²) in [5.74, 6) is 0.613. The van der Waals surface area contributed by atoms with Crippen molar-refractivity contribution in [2.75, 3.05) is 25.1 Å². The number of nitrogens with zero attached hydrogens (tertiary/aromatic N) is 3. The van der Waals surface area contributed by atoms with Gasteiger partial charge in [0.25, 0.3) is 5.56 Å². The number of benzene rings is 2. The summed E-state index contributed by atoms with van der Waals surface area (Å²) in [7, 11) is 0. The van der Waals surface area contributed by atoms with E-state index in [0.29, 0.717) is 36.0 Å². The van der Waals surface area contributed by atoms with E-state index in [2.05, 4.69) is 37.7 Å². The van der Waals surface area contributed by atoms with Crippen LogP contribution in [-0.4, -0.2) is 74.7 Å². The number of aromatic amines is 1. The number of carbonyl (C=O) groups is 1. The van der Waals surface area contributed by atoms with Crippen LogP contribution in [-0.2, 0) is 33.8 Å². The van der Waals surface area contributed by atoms with Crippen molar-refractivity contribution >= 4 is 22.5 Å². The highest BCUT2D eigenvalue weighted by Gasteiger charge is 2.48. The first-order chi connectivity index (χ1) is 23.0. The SMILES string of the molecule is O=C(Cn1c(-c2ccc(O[C@@H]3CO[C@H]4[C@@H]3OC[C@H]4O)cc2)ncc(NCCCc2ccccc2)c1=O)NCc1cc2cnccc2[nH]1. The number of aromatic nitrogens is 4. The Kier molecular flexibility index (Phi) is 8.96. The molecule has 0 bridgehead atoms. The molecule has 2 fully saturated rings. The number of aliphatic hydroxyl groups excluding tert-OH is 1. The van der Waals surface area contributed by atoms with Crippen LogP contribution in [0.15, 0.2) is 90.1 Å². The lowest BCUT2D eigenvalue weighted by molar-refractivity contribution is -0.121. The smallest absolute Gasteiger partial charge is 0.277 e. The van der Waals surface area contributed by atoms with E-state index in [1.807, 2.05) is 30.3 Å². The molecule has 0 spiro atoms. The van der Waals surface area contributed by atoms with Crippen LogP contribution in [0.1, 0.15) is 17.7 Å². The number of ether oxygens (including phenoxy) is 3. The number of amides is 1. The van der Waals surface area contributed by atoms with Crippen LogP contribution in [0.4, 0.5) is 5.69 Å². The molecule has 4 atom stereocenters. The number of anilines is 1. The number of hydrogen-bond donors (Lipinski definition) is 4. The number of H-pyrrole nitrogens is 1. The highest BCUT2D eigenvalue weighted by atomic mass is 16.6. The minimum absolute atomic E-state index is 0.219. The van der Waals surface area contributed by atoms with Gasteiger partial charge in [-0.25, -0.2) is 4.98 Å². The van der Waals surface area contributed by atoms with Crippen molar-refractivity contribution in [3.8, 4) is 17.1 Å². The van der Waals surface area contributed by atoms with Gasteiger partial charge < -0.3 is 34.9 Å². The average molecular weight is 637 g/mol. The molecule has 5 aromatic rings. The van der Waals surface area contributed by atoms with E-state index in [9.17, 15) is 14.7 Å². The summed E-state index contributed by atoms with van der Waals surface area (Å²) < 4.78 is 18.8. The van der Waals surface area contributed by atoms with Gasteiger partial charge in [0.15, 0.2) is 6.10 Å². The average Bonchev–Trinajstić information content (AvgIpc) is 3.81. The van der Waals surface area contributed by atoms with Crippen molar-refractivity contribution < 1.29 is 24.1 Å². The zero-order valence-corrected chi connectivity index (χ0v) is 25.7. The zero-order chi connectivity index (χ0) is 32.2. The molecule has 2 aliphatic heterocycles. The highest BCUT2D eigenvalue weighted by molar-refractivity contribution is 5.80. The predicted molar refractivity (Wildman–Crippen MR) is 175 cm³/mol. The van der Waals surface area contributed by atoms with Crippen LogP contribution in [0, 0.1) is 0 Å². The molecule has 242 valence electrons. The maximum atomic E-state index is 13.8. The lowest BCUT2D eigenvalue weighted by Crippen LogP contribution is -2.34. The van der Waals surface area contributed by atoms with E-state index in [4.69, 9.17) is 14.2 Å². The molecule has 7 rings (SSSR count). The van der Waals surface area contributed by atoms with Gasteiger partial charge in [-0.1, -0.05) is 30.3 Å². The van der Waals surface area contributed by atoms with Gasteiger partial charge in [0.2, 0.25) is 5.91 Å². The Balaban J connectivity index is 1.07. The lowest BCUT2D eigenvalue weighted by Gasteiger charge is -2.18. The van der Waals surface area contributed by atoms with E-state index < -0.39 is 6.10 Å². The van der Waals surface area contributed by atoms with E-state index in [1.165, 1.54) is 16.3 Å². The molecule has 12 heteroatoms. The third-order valence-corrected chi connectivity index (χ3v) is 8.48. The molecule has 0 aliphatic carbocycles. The molecule has 0 unspecified atom stereocenters. The van der Waals surface area contributed by atoms with Gasteiger partial charge in [-0.15, -0.1) is 0 Å². The third-order valence-electron chi connectivity index (χ3n) is 8.48. The number of aliphatic hydroxyl groups is 1. The quantitative estimate of drug-likeness (QED) is 0.151. The Morgan fingerprint density at radius 3 is 2.70 bits per heavy atom. The van der Waals surface area contributed by atoms with Crippen LogP contribution < -0.4 is 20.9 Å². The molecular weight excluding hydrogens is 600 g/mol. The van der Waals surface area contributed by atoms with Crippen LogP contribution in [0.5, 0.6) is 5.75 Å². The summed E-state index contributed by atoms with van der Waals surface area (Å²) in [5, 5.41) is 17.1. The molecule has 47 heavy (non-hydrogen) atoms. The van der Waals surface area contributed by atoms with Crippen LogP contribution in [0.2, 0.25) is 0 Å². The summed E-state index contributed by atoms with van der Waals surface area (Å²) in [6, 6.07) is 21.1. The molecule has 4 N–H and O–H groups in total. The van der Waals surface area contributed by atoms with Crippen molar-refractivity contribution in [3.63, 3.8) is 0 Å². The normalized spacial score (nSPS) is 20.3. The number of nitrogens with one attached hydrogen (secondary N) is 3. The van der Waals surface area contributed by atoms with Crippen LogP contribution >= 0.6 is 0 Å². The fourth-order valence-electron chi connectivity index (χ4n) is 6.07. The molecule has 1 amide bonds. The Hall–Kier alpha value is -5.04. The summed E-state index contributed by atoms with van der Waals surface area (Å²) >= 11 is 0. The summed E-state index contributed by atoms with van der Waals surface area (Å²) in [6.07, 6.45) is 4.97. The number of pyridine rings is 1. The van der Waals surface area contributed by atoms with E-state index in [1.54, 1.807) is 36.7 Å². The summed E-state index contributed by atoms with van der Waals surface area (Å²) in [6.45, 7) is 1.17. The molecule has 3 aromatic heterocycles. The van der Waals surface area contributed by atoms with Gasteiger partial charge in [0.05, 0.1) is 26.0 Å². The molecule has 2 saturated heterocycles. The summed E-state index contributed by atoms with van der Waals surface area (Å²) in [4.78, 5) is 39.0. The van der Waals surface area contributed by atoms with Gasteiger partial charge in [0.1, 0.15) is 42.1 Å². The Morgan fingerprint density at radius 1 is 1.04 bits per heavy atom. The Morgan fingerprint density at radius 2 is 1.87 bits per heavy atom. The number of aryl methyl sites for hydroxylation is 1. The van der Waals surface area contributed by atoms with Crippen molar-refractivity contribution in [2.45, 2.75) is 50.3 Å². The molecule has 2 aliphatic rings.